The second-order valence-corrected chi connectivity index (χ2v) is 7.87. The van der Waals surface area contributed by atoms with Crippen molar-refractivity contribution in [2.75, 3.05) is 20.2 Å². The maximum absolute atomic E-state index is 13.1. The van der Waals surface area contributed by atoms with Gasteiger partial charge in [-0.1, -0.05) is 48.5 Å². The number of nitrogens with zero attached hydrogens (tertiary/aromatic N) is 1. The molecule has 1 aliphatic heterocycles. The molecule has 1 fully saturated rings. The number of methoxy groups -OCH3 is 1. The third kappa shape index (κ3) is 5.47. The molecular weight excluding hydrogens is 377 g/mol. The van der Waals surface area contributed by atoms with Gasteiger partial charge in [0.05, 0.1) is 6.61 Å². The minimum atomic E-state index is -0.181. The number of rotatable bonds is 7. The predicted molar refractivity (Wildman–Crippen MR) is 118 cm³/mol. The van der Waals surface area contributed by atoms with Crippen LogP contribution in [0.25, 0.3) is 11.1 Å². The fraction of sp³-hybridized carbons (Fsp3) is 0.308. The lowest BCUT2D eigenvalue weighted by atomic mass is 10.0. The van der Waals surface area contributed by atoms with Crippen LogP contribution >= 0.6 is 0 Å². The molecule has 0 N–H and O–H groups in total. The van der Waals surface area contributed by atoms with Crippen molar-refractivity contribution in [2.24, 2.45) is 0 Å². The van der Waals surface area contributed by atoms with Gasteiger partial charge in [0.15, 0.2) is 0 Å². The van der Waals surface area contributed by atoms with Crippen LogP contribution in [0, 0.1) is 5.82 Å². The van der Waals surface area contributed by atoms with E-state index in [4.69, 9.17) is 9.47 Å². The Hall–Kier alpha value is -2.69. The zero-order chi connectivity index (χ0) is 20.8. The van der Waals surface area contributed by atoms with Gasteiger partial charge in [-0.25, -0.2) is 4.39 Å². The predicted octanol–water partition coefficient (Wildman–Crippen LogP) is 5.68. The molecule has 0 amide bonds. The molecule has 0 saturated carbocycles. The monoisotopic (exact) mass is 405 g/mol. The van der Waals surface area contributed by atoms with Crippen LogP contribution in [0.3, 0.4) is 0 Å². The largest absolute Gasteiger partial charge is 0.490 e. The van der Waals surface area contributed by atoms with Crippen molar-refractivity contribution in [1.82, 2.24) is 4.90 Å². The average Bonchev–Trinajstić information content (AvgIpc) is 2.78. The molecule has 3 nitrogen and oxygen atoms in total. The Morgan fingerprint density at radius 1 is 0.800 bits per heavy atom. The third-order valence-electron chi connectivity index (χ3n) is 5.61. The third-order valence-corrected chi connectivity index (χ3v) is 5.61. The Bertz CT molecular complexity index is 915. The van der Waals surface area contributed by atoms with E-state index in [9.17, 15) is 4.39 Å². The fourth-order valence-corrected chi connectivity index (χ4v) is 3.91. The molecule has 0 aromatic heterocycles. The van der Waals surface area contributed by atoms with Crippen molar-refractivity contribution < 1.29 is 13.9 Å². The lowest BCUT2D eigenvalue weighted by Gasteiger charge is -2.32. The molecule has 30 heavy (non-hydrogen) atoms. The molecule has 0 unspecified atom stereocenters. The summed E-state index contributed by atoms with van der Waals surface area (Å²) in [5, 5.41) is 0. The van der Waals surface area contributed by atoms with Crippen LogP contribution in [-0.2, 0) is 17.9 Å². The van der Waals surface area contributed by atoms with Crippen molar-refractivity contribution >= 4 is 0 Å². The number of ether oxygens (including phenoxy) is 2. The van der Waals surface area contributed by atoms with E-state index in [1.54, 1.807) is 7.11 Å². The molecule has 0 spiro atoms. The van der Waals surface area contributed by atoms with E-state index in [-0.39, 0.29) is 11.9 Å². The number of benzene rings is 3. The highest BCUT2D eigenvalue weighted by Crippen LogP contribution is 2.25. The van der Waals surface area contributed by atoms with Gasteiger partial charge in [-0.15, -0.1) is 0 Å². The van der Waals surface area contributed by atoms with Gasteiger partial charge in [0.2, 0.25) is 0 Å². The van der Waals surface area contributed by atoms with Crippen molar-refractivity contribution in [3.05, 3.63) is 89.7 Å². The van der Waals surface area contributed by atoms with E-state index in [1.165, 1.54) is 28.8 Å². The zero-order valence-corrected chi connectivity index (χ0v) is 17.4. The van der Waals surface area contributed by atoms with Crippen LogP contribution in [0.1, 0.15) is 24.0 Å². The van der Waals surface area contributed by atoms with Crippen molar-refractivity contribution in [3.8, 4) is 16.9 Å². The van der Waals surface area contributed by atoms with Gasteiger partial charge in [0.1, 0.15) is 17.7 Å². The highest BCUT2D eigenvalue weighted by Gasteiger charge is 2.20. The van der Waals surface area contributed by atoms with Crippen molar-refractivity contribution in [1.29, 1.82) is 0 Å². The maximum atomic E-state index is 13.1. The molecule has 0 radical (unpaired) electrons. The van der Waals surface area contributed by atoms with E-state index in [0.717, 1.165) is 43.8 Å². The second kappa shape index (κ2) is 9.88. The average molecular weight is 406 g/mol. The first-order chi connectivity index (χ1) is 14.7. The molecule has 4 rings (SSSR count). The van der Waals surface area contributed by atoms with Gasteiger partial charge in [0, 0.05) is 26.7 Å². The van der Waals surface area contributed by atoms with E-state index in [0.29, 0.717) is 6.61 Å². The SMILES string of the molecule is COCc1ccc(-c2ccc(OC3CCN(Cc4ccc(F)cc4)CC3)cc2)cc1. The van der Waals surface area contributed by atoms with Crippen LogP contribution in [-0.4, -0.2) is 31.2 Å². The molecule has 0 atom stereocenters. The summed E-state index contributed by atoms with van der Waals surface area (Å²) in [7, 11) is 1.71. The van der Waals surface area contributed by atoms with E-state index < -0.39 is 0 Å². The smallest absolute Gasteiger partial charge is 0.123 e. The number of hydrogen-bond acceptors (Lipinski definition) is 3. The molecular formula is C26H28FNO2. The van der Waals surface area contributed by atoms with E-state index in [1.807, 2.05) is 12.1 Å². The van der Waals surface area contributed by atoms with Gasteiger partial charge < -0.3 is 9.47 Å². The molecule has 1 heterocycles. The van der Waals surface area contributed by atoms with Gasteiger partial charge in [-0.3, -0.25) is 4.90 Å². The van der Waals surface area contributed by atoms with Crippen molar-refractivity contribution in [3.63, 3.8) is 0 Å². The summed E-state index contributed by atoms with van der Waals surface area (Å²) in [6.07, 6.45) is 2.25. The first-order valence-electron chi connectivity index (χ1n) is 10.5. The summed E-state index contributed by atoms with van der Waals surface area (Å²) < 4.78 is 24.4. The summed E-state index contributed by atoms with van der Waals surface area (Å²) >= 11 is 0. The van der Waals surface area contributed by atoms with Gasteiger partial charge in [-0.05, 0) is 59.4 Å². The van der Waals surface area contributed by atoms with Crippen LogP contribution in [0.2, 0.25) is 0 Å². The molecule has 3 aromatic carbocycles. The molecule has 156 valence electrons. The second-order valence-electron chi connectivity index (χ2n) is 7.87. The summed E-state index contributed by atoms with van der Waals surface area (Å²) in [4.78, 5) is 2.41. The van der Waals surface area contributed by atoms with Crippen LogP contribution in [0.4, 0.5) is 4.39 Å². The minimum Gasteiger partial charge on any atom is -0.490 e. The van der Waals surface area contributed by atoms with Crippen LogP contribution in [0.5, 0.6) is 5.75 Å². The van der Waals surface area contributed by atoms with Crippen LogP contribution < -0.4 is 4.74 Å². The maximum Gasteiger partial charge on any atom is 0.123 e. The molecule has 1 aliphatic rings. The molecule has 4 heteroatoms. The summed E-state index contributed by atoms with van der Waals surface area (Å²) in [5.74, 6) is 0.742. The van der Waals surface area contributed by atoms with Gasteiger partial charge >= 0.3 is 0 Å². The quantitative estimate of drug-likeness (QED) is 0.505. The van der Waals surface area contributed by atoms with E-state index in [2.05, 4.69) is 53.4 Å². The number of hydrogen-bond donors (Lipinski definition) is 0. The summed E-state index contributed by atoms with van der Waals surface area (Å²) in [6.45, 7) is 3.49. The standard InChI is InChI=1S/C26H28FNO2/c1-29-19-21-2-6-22(7-3-21)23-8-12-25(13-9-23)30-26-14-16-28(17-15-26)18-20-4-10-24(27)11-5-20/h2-13,26H,14-19H2,1H3. The molecule has 1 saturated heterocycles. The Kier molecular flexibility index (Phi) is 6.77. The van der Waals surface area contributed by atoms with E-state index >= 15 is 0 Å². The normalized spacial score (nSPS) is 15.3. The summed E-state index contributed by atoms with van der Waals surface area (Å²) in [5.41, 5.74) is 4.70. The molecule has 0 aliphatic carbocycles. The summed E-state index contributed by atoms with van der Waals surface area (Å²) in [6, 6.07) is 23.6. The Balaban J connectivity index is 1.27. The fourth-order valence-electron chi connectivity index (χ4n) is 3.91. The lowest BCUT2D eigenvalue weighted by molar-refractivity contribution is 0.0968. The molecule has 0 bridgehead atoms. The lowest BCUT2D eigenvalue weighted by Crippen LogP contribution is -2.37. The Labute approximate surface area is 178 Å². The highest BCUT2D eigenvalue weighted by molar-refractivity contribution is 5.64. The zero-order valence-electron chi connectivity index (χ0n) is 17.4. The van der Waals surface area contributed by atoms with Gasteiger partial charge in [-0.2, -0.15) is 0 Å². The Morgan fingerprint density at radius 2 is 1.37 bits per heavy atom. The first kappa shape index (κ1) is 20.6. The number of piperidine rings is 1. The molecule has 3 aromatic rings. The highest BCUT2D eigenvalue weighted by atomic mass is 19.1. The minimum absolute atomic E-state index is 0.181. The van der Waals surface area contributed by atoms with Crippen molar-refractivity contribution in [2.45, 2.75) is 32.1 Å². The number of likely N-dealkylation sites (tertiary alicyclic amines) is 1. The number of halogens is 1. The topological polar surface area (TPSA) is 21.7 Å². The van der Waals surface area contributed by atoms with Crippen LogP contribution in [0.15, 0.2) is 72.8 Å². The van der Waals surface area contributed by atoms with Gasteiger partial charge in [0.25, 0.3) is 0 Å². The Morgan fingerprint density at radius 3 is 1.97 bits per heavy atom. The first-order valence-corrected chi connectivity index (χ1v) is 10.5.